The first-order chi connectivity index (χ1) is 8.26. The van der Waals surface area contributed by atoms with Crippen LogP contribution in [0.2, 0.25) is 0 Å². The summed E-state index contributed by atoms with van der Waals surface area (Å²) < 4.78 is 10.7. The molecule has 0 saturated carbocycles. The molecule has 1 aliphatic carbocycles. The Morgan fingerprint density at radius 1 is 1.47 bits per heavy atom. The Kier molecular flexibility index (Phi) is 4.18. The van der Waals surface area contributed by atoms with Crippen molar-refractivity contribution in [2.75, 3.05) is 13.2 Å². The second-order valence-corrected chi connectivity index (χ2v) is 5.18. The average Bonchev–Trinajstić information content (AvgIpc) is 2.75. The van der Waals surface area contributed by atoms with Crippen molar-refractivity contribution < 1.29 is 14.3 Å². The van der Waals surface area contributed by atoms with Crippen LogP contribution in [0.3, 0.4) is 0 Å². The number of rotatable bonds is 4. The molecule has 1 atom stereocenters. The predicted molar refractivity (Wildman–Crippen MR) is 67.6 cm³/mol. The van der Waals surface area contributed by atoms with Crippen molar-refractivity contribution >= 4 is 17.3 Å². The number of hydrogen-bond donors (Lipinski definition) is 0. The third-order valence-corrected chi connectivity index (χ3v) is 4.09. The van der Waals surface area contributed by atoms with Crippen LogP contribution < -0.4 is 0 Å². The number of aryl methyl sites for hydroxylation is 1. The van der Waals surface area contributed by atoms with Gasteiger partial charge in [-0.1, -0.05) is 0 Å². The molecule has 1 aliphatic rings. The summed E-state index contributed by atoms with van der Waals surface area (Å²) in [6.07, 6.45) is 3.42. The summed E-state index contributed by atoms with van der Waals surface area (Å²) in [5.41, 5.74) is 1.20. The number of fused-ring (bicyclic) bond motifs is 1. The van der Waals surface area contributed by atoms with Crippen molar-refractivity contribution in [3.05, 3.63) is 21.4 Å². The standard InChI is InChI=1S/C13H18O3S/c1-3-15-10-6-5-7-11-9(10)8-12(17-11)13(14)16-4-2/h8,10H,3-7H2,1-2H3. The number of ether oxygens (including phenoxy) is 2. The summed E-state index contributed by atoms with van der Waals surface area (Å²) in [5, 5.41) is 0. The highest BCUT2D eigenvalue weighted by Crippen LogP contribution is 2.37. The van der Waals surface area contributed by atoms with Gasteiger partial charge >= 0.3 is 5.97 Å². The lowest BCUT2D eigenvalue weighted by molar-refractivity contribution is 0.0501. The molecule has 4 heteroatoms. The molecule has 3 nitrogen and oxygen atoms in total. The summed E-state index contributed by atoms with van der Waals surface area (Å²) in [6.45, 7) is 4.98. The molecule has 1 aromatic rings. The van der Waals surface area contributed by atoms with Gasteiger partial charge in [0.25, 0.3) is 0 Å². The number of hydrogen-bond acceptors (Lipinski definition) is 4. The molecule has 2 rings (SSSR count). The van der Waals surface area contributed by atoms with Crippen LogP contribution in [0.5, 0.6) is 0 Å². The quantitative estimate of drug-likeness (QED) is 0.773. The summed E-state index contributed by atoms with van der Waals surface area (Å²) in [7, 11) is 0. The van der Waals surface area contributed by atoms with Crippen molar-refractivity contribution in [1.29, 1.82) is 0 Å². The Morgan fingerprint density at radius 3 is 3.00 bits per heavy atom. The molecule has 0 bridgehead atoms. The van der Waals surface area contributed by atoms with Crippen molar-refractivity contribution in [2.45, 2.75) is 39.2 Å². The molecular formula is C13H18O3S. The molecule has 0 amide bonds. The van der Waals surface area contributed by atoms with Gasteiger partial charge in [-0.05, 0) is 44.7 Å². The zero-order valence-electron chi connectivity index (χ0n) is 10.3. The van der Waals surface area contributed by atoms with Gasteiger partial charge in [0.2, 0.25) is 0 Å². The summed E-state index contributed by atoms with van der Waals surface area (Å²) in [5.74, 6) is -0.206. The van der Waals surface area contributed by atoms with E-state index in [1.807, 2.05) is 19.9 Å². The highest BCUT2D eigenvalue weighted by Gasteiger charge is 2.25. The van der Waals surface area contributed by atoms with Crippen LogP contribution in [0.1, 0.15) is 52.9 Å². The maximum Gasteiger partial charge on any atom is 0.348 e. The van der Waals surface area contributed by atoms with Gasteiger partial charge in [-0.2, -0.15) is 0 Å². The fraction of sp³-hybridized carbons (Fsp3) is 0.615. The van der Waals surface area contributed by atoms with Gasteiger partial charge in [0.05, 0.1) is 12.7 Å². The van der Waals surface area contributed by atoms with Gasteiger partial charge < -0.3 is 9.47 Å². The lowest BCUT2D eigenvalue weighted by Crippen LogP contribution is -2.10. The lowest BCUT2D eigenvalue weighted by Gasteiger charge is -2.21. The molecule has 17 heavy (non-hydrogen) atoms. The second-order valence-electron chi connectivity index (χ2n) is 4.05. The van der Waals surface area contributed by atoms with Crippen molar-refractivity contribution in [3.8, 4) is 0 Å². The normalized spacial score (nSPS) is 18.8. The number of carbonyl (C=O) groups is 1. The third kappa shape index (κ3) is 2.69. The topological polar surface area (TPSA) is 35.5 Å². The Hall–Kier alpha value is -0.870. The zero-order chi connectivity index (χ0) is 12.3. The molecule has 0 N–H and O–H groups in total. The first-order valence-corrected chi connectivity index (χ1v) is 6.99. The molecule has 94 valence electrons. The molecular weight excluding hydrogens is 236 g/mol. The van der Waals surface area contributed by atoms with Crippen LogP contribution >= 0.6 is 11.3 Å². The van der Waals surface area contributed by atoms with Crippen molar-refractivity contribution in [2.24, 2.45) is 0 Å². The van der Waals surface area contributed by atoms with Crippen LogP contribution in [0.4, 0.5) is 0 Å². The highest BCUT2D eigenvalue weighted by atomic mass is 32.1. The highest BCUT2D eigenvalue weighted by molar-refractivity contribution is 7.14. The smallest absolute Gasteiger partial charge is 0.348 e. The number of thiophene rings is 1. The third-order valence-electron chi connectivity index (χ3n) is 2.90. The van der Waals surface area contributed by atoms with E-state index in [1.165, 1.54) is 10.4 Å². The van der Waals surface area contributed by atoms with E-state index in [1.54, 1.807) is 11.3 Å². The molecule has 0 radical (unpaired) electrons. The number of carbonyl (C=O) groups excluding carboxylic acids is 1. The van der Waals surface area contributed by atoms with E-state index >= 15 is 0 Å². The number of esters is 1. The SMILES string of the molecule is CCOC(=O)c1cc2c(s1)CCCC2OCC. The zero-order valence-corrected chi connectivity index (χ0v) is 11.1. The second kappa shape index (κ2) is 5.65. The van der Waals surface area contributed by atoms with Crippen LogP contribution in [0.25, 0.3) is 0 Å². The molecule has 0 aromatic carbocycles. The van der Waals surface area contributed by atoms with Crippen molar-refractivity contribution in [1.82, 2.24) is 0 Å². The van der Waals surface area contributed by atoms with Gasteiger partial charge in [0.1, 0.15) is 4.88 Å². The van der Waals surface area contributed by atoms with E-state index in [9.17, 15) is 4.79 Å². The predicted octanol–water partition coefficient (Wildman–Crippen LogP) is 3.34. The van der Waals surface area contributed by atoms with E-state index < -0.39 is 0 Å². The average molecular weight is 254 g/mol. The van der Waals surface area contributed by atoms with Gasteiger partial charge in [-0.25, -0.2) is 4.79 Å². The van der Waals surface area contributed by atoms with Crippen LogP contribution in [-0.4, -0.2) is 19.2 Å². The van der Waals surface area contributed by atoms with Gasteiger partial charge in [-0.15, -0.1) is 11.3 Å². The lowest BCUT2D eigenvalue weighted by atomic mass is 9.96. The van der Waals surface area contributed by atoms with E-state index in [0.717, 1.165) is 19.3 Å². The Morgan fingerprint density at radius 2 is 2.29 bits per heavy atom. The van der Waals surface area contributed by atoms with Gasteiger partial charge in [0.15, 0.2) is 0 Å². The van der Waals surface area contributed by atoms with Crippen LogP contribution in [0.15, 0.2) is 6.07 Å². The minimum absolute atomic E-state index is 0.170. The summed E-state index contributed by atoms with van der Waals surface area (Å²) >= 11 is 1.56. The fourth-order valence-corrected chi connectivity index (χ4v) is 3.34. The van der Waals surface area contributed by atoms with Crippen LogP contribution in [-0.2, 0) is 15.9 Å². The van der Waals surface area contributed by atoms with Crippen molar-refractivity contribution in [3.63, 3.8) is 0 Å². The van der Waals surface area contributed by atoms with Gasteiger partial charge in [0, 0.05) is 11.5 Å². The Bertz CT molecular complexity index is 397. The monoisotopic (exact) mass is 254 g/mol. The Balaban J connectivity index is 2.21. The van der Waals surface area contributed by atoms with E-state index in [2.05, 4.69) is 0 Å². The minimum atomic E-state index is -0.206. The Labute approximate surface area is 106 Å². The molecule has 0 aliphatic heterocycles. The first-order valence-electron chi connectivity index (χ1n) is 6.17. The molecule has 0 saturated heterocycles. The summed E-state index contributed by atoms with van der Waals surface area (Å²) in [6, 6.07) is 1.96. The van der Waals surface area contributed by atoms with Crippen LogP contribution in [0, 0.1) is 0 Å². The molecule has 1 heterocycles. The molecule has 1 unspecified atom stereocenters. The summed E-state index contributed by atoms with van der Waals surface area (Å²) in [4.78, 5) is 13.7. The van der Waals surface area contributed by atoms with Gasteiger partial charge in [-0.3, -0.25) is 0 Å². The molecule has 1 aromatic heterocycles. The minimum Gasteiger partial charge on any atom is -0.462 e. The van der Waals surface area contributed by atoms with E-state index in [-0.39, 0.29) is 12.1 Å². The molecule has 0 fully saturated rings. The maximum absolute atomic E-state index is 11.7. The largest absolute Gasteiger partial charge is 0.462 e. The fourth-order valence-electron chi connectivity index (χ4n) is 2.19. The maximum atomic E-state index is 11.7. The molecule has 0 spiro atoms. The first kappa shape index (κ1) is 12.6. The van der Waals surface area contributed by atoms with E-state index in [4.69, 9.17) is 9.47 Å². The van der Waals surface area contributed by atoms with E-state index in [0.29, 0.717) is 18.1 Å².